The molecule has 1 atom stereocenters. The van der Waals surface area contributed by atoms with Crippen molar-refractivity contribution in [1.82, 2.24) is 9.71 Å². The Labute approximate surface area is 166 Å². The van der Waals surface area contributed by atoms with Crippen LogP contribution in [0.15, 0.2) is 36.5 Å². The highest BCUT2D eigenvalue weighted by atomic mass is 35.5. The number of methoxy groups -OCH3 is 1. The van der Waals surface area contributed by atoms with Gasteiger partial charge in [-0.1, -0.05) is 17.7 Å². The molecule has 1 aromatic heterocycles. The van der Waals surface area contributed by atoms with Crippen LogP contribution in [0.5, 0.6) is 0 Å². The number of pyridine rings is 1. The number of carbonyl (C=O) groups excluding carboxylic acids is 1. The quantitative estimate of drug-likeness (QED) is 0.507. The lowest BCUT2D eigenvalue weighted by atomic mass is 10.1. The summed E-state index contributed by atoms with van der Waals surface area (Å²) >= 11 is 11.5. The van der Waals surface area contributed by atoms with Gasteiger partial charge in [-0.25, -0.2) is 22.3 Å². The van der Waals surface area contributed by atoms with Crippen molar-refractivity contribution < 1.29 is 22.3 Å². The SMILES string of the molecule is COC(=O)c1ccc(CS(=O)(=O)NC(CCCl)c2ccc(F)c(Cl)c2)nc1. The standard InChI is InChI=1S/C17H17Cl2FN2O4S/c1-26-17(23)12-2-4-13(21-9-12)10-27(24,25)22-16(6-7-18)11-3-5-15(20)14(19)8-11/h2-5,8-9,16,22H,6-7,10H2,1H3. The van der Waals surface area contributed by atoms with Crippen molar-refractivity contribution in [1.29, 1.82) is 0 Å². The number of ether oxygens (including phenoxy) is 1. The van der Waals surface area contributed by atoms with Crippen LogP contribution in [0.2, 0.25) is 5.02 Å². The number of sulfonamides is 1. The number of alkyl halides is 1. The Kier molecular flexibility index (Phi) is 7.55. The normalized spacial score (nSPS) is 12.6. The molecule has 2 aromatic rings. The summed E-state index contributed by atoms with van der Waals surface area (Å²) in [4.78, 5) is 15.4. The molecule has 0 aliphatic heterocycles. The number of halogens is 3. The molecule has 1 aromatic carbocycles. The predicted octanol–water partition coefficient (Wildman–Crippen LogP) is 3.45. The van der Waals surface area contributed by atoms with E-state index in [0.29, 0.717) is 5.56 Å². The number of rotatable bonds is 8. The largest absolute Gasteiger partial charge is 0.465 e. The van der Waals surface area contributed by atoms with Gasteiger partial charge in [0.2, 0.25) is 10.0 Å². The molecule has 10 heteroatoms. The molecule has 2 rings (SSSR count). The van der Waals surface area contributed by atoms with Gasteiger partial charge < -0.3 is 4.74 Å². The molecule has 27 heavy (non-hydrogen) atoms. The maximum Gasteiger partial charge on any atom is 0.339 e. The minimum absolute atomic E-state index is 0.105. The van der Waals surface area contributed by atoms with E-state index in [1.54, 1.807) is 0 Å². The van der Waals surface area contributed by atoms with Gasteiger partial charge in [-0.05, 0) is 36.2 Å². The van der Waals surface area contributed by atoms with Gasteiger partial charge in [0.25, 0.3) is 0 Å². The topological polar surface area (TPSA) is 85.4 Å². The van der Waals surface area contributed by atoms with Crippen LogP contribution in [0.4, 0.5) is 4.39 Å². The van der Waals surface area contributed by atoms with Gasteiger partial charge in [0.05, 0.1) is 23.4 Å². The summed E-state index contributed by atoms with van der Waals surface area (Å²) in [7, 11) is -2.55. The van der Waals surface area contributed by atoms with Gasteiger partial charge in [-0.3, -0.25) is 4.98 Å². The average molecular weight is 435 g/mol. The van der Waals surface area contributed by atoms with E-state index in [0.717, 1.165) is 0 Å². The van der Waals surface area contributed by atoms with Gasteiger partial charge in [-0.15, -0.1) is 11.6 Å². The van der Waals surface area contributed by atoms with E-state index in [9.17, 15) is 17.6 Å². The molecule has 0 bridgehead atoms. The van der Waals surface area contributed by atoms with E-state index < -0.39 is 33.6 Å². The highest BCUT2D eigenvalue weighted by Gasteiger charge is 2.21. The smallest absolute Gasteiger partial charge is 0.339 e. The summed E-state index contributed by atoms with van der Waals surface area (Å²) < 4.78 is 45.4. The fourth-order valence-corrected chi connectivity index (χ4v) is 4.07. The van der Waals surface area contributed by atoms with Gasteiger partial charge in [0.15, 0.2) is 0 Å². The Morgan fingerprint density at radius 1 is 1.33 bits per heavy atom. The first kappa shape index (κ1) is 21.6. The van der Waals surface area contributed by atoms with Crippen LogP contribution in [0.1, 0.15) is 34.1 Å². The predicted molar refractivity (Wildman–Crippen MR) is 101 cm³/mol. The molecule has 0 saturated carbocycles. The highest BCUT2D eigenvalue weighted by Crippen LogP contribution is 2.24. The minimum Gasteiger partial charge on any atom is -0.465 e. The maximum absolute atomic E-state index is 13.4. The van der Waals surface area contributed by atoms with Crippen LogP contribution >= 0.6 is 23.2 Å². The van der Waals surface area contributed by atoms with Gasteiger partial charge in [0.1, 0.15) is 11.6 Å². The average Bonchev–Trinajstić information content (AvgIpc) is 2.63. The zero-order valence-electron chi connectivity index (χ0n) is 14.3. The number of hydrogen-bond donors (Lipinski definition) is 1. The number of esters is 1. The van der Waals surface area contributed by atoms with E-state index in [2.05, 4.69) is 14.4 Å². The first-order valence-electron chi connectivity index (χ1n) is 7.80. The van der Waals surface area contributed by atoms with E-state index in [1.165, 1.54) is 43.6 Å². The Hall–Kier alpha value is -1.74. The molecule has 0 fully saturated rings. The molecule has 0 aliphatic carbocycles. The van der Waals surface area contributed by atoms with Crippen molar-refractivity contribution in [3.63, 3.8) is 0 Å². The number of aromatic nitrogens is 1. The van der Waals surface area contributed by atoms with Crippen molar-refractivity contribution in [2.75, 3.05) is 13.0 Å². The number of benzene rings is 1. The Morgan fingerprint density at radius 2 is 2.07 bits per heavy atom. The molecule has 0 radical (unpaired) electrons. The molecule has 0 spiro atoms. The third kappa shape index (κ3) is 6.14. The second-order valence-electron chi connectivity index (χ2n) is 5.61. The van der Waals surface area contributed by atoms with Crippen molar-refractivity contribution in [3.05, 3.63) is 64.2 Å². The third-order valence-electron chi connectivity index (χ3n) is 3.65. The van der Waals surface area contributed by atoms with E-state index in [4.69, 9.17) is 23.2 Å². The maximum atomic E-state index is 13.4. The van der Waals surface area contributed by atoms with Crippen molar-refractivity contribution in [2.45, 2.75) is 18.2 Å². The fourth-order valence-electron chi connectivity index (χ4n) is 2.33. The second-order valence-corrected chi connectivity index (χ2v) is 8.15. The first-order valence-corrected chi connectivity index (χ1v) is 10.4. The fraction of sp³-hybridized carbons (Fsp3) is 0.294. The Bertz CT molecular complexity index is 908. The summed E-state index contributed by atoms with van der Waals surface area (Å²) in [5, 5.41) is -0.105. The molecule has 0 amide bonds. The summed E-state index contributed by atoms with van der Waals surface area (Å²) in [5.74, 6) is -1.37. The molecule has 1 heterocycles. The molecular weight excluding hydrogens is 418 g/mol. The van der Waals surface area contributed by atoms with Gasteiger partial charge in [0, 0.05) is 18.1 Å². The minimum atomic E-state index is -3.79. The summed E-state index contributed by atoms with van der Waals surface area (Å²) in [6.07, 6.45) is 1.53. The van der Waals surface area contributed by atoms with Crippen LogP contribution < -0.4 is 4.72 Å². The van der Waals surface area contributed by atoms with Crippen LogP contribution in [-0.2, 0) is 20.5 Å². The number of carbonyl (C=O) groups is 1. The van der Waals surface area contributed by atoms with Gasteiger partial charge >= 0.3 is 5.97 Å². The van der Waals surface area contributed by atoms with E-state index >= 15 is 0 Å². The lowest BCUT2D eigenvalue weighted by Gasteiger charge is -2.18. The lowest BCUT2D eigenvalue weighted by molar-refractivity contribution is 0.0600. The second kappa shape index (κ2) is 9.45. The van der Waals surface area contributed by atoms with Crippen molar-refractivity contribution in [2.24, 2.45) is 0 Å². The number of nitrogens with zero attached hydrogens (tertiary/aromatic N) is 1. The zero-order valence-corrected chi connectivity index (χ0v) is 16.6. The molecule has 0 saturated heterocycles. The van der Waals surface area contributed by atoms with E-state index in [-0.39, 0.29) is 28.6 Å². The monoisotopic (exact) mass is 434 g/mol. The van der Waals surface area contributed by atoms with Gasteiger partial charge in [-0.2, -0.15) is 0 Å². The van der Waals surface area contributed by atoms with Crippen LogP contribution in [0.3, 0.4) is 0 Å². The Morgan fingerprint density at radius 3 is 2.63 bits per heavy atom. The lowest BCUT2D eigenvalue weighted by Crippen LogP contribution is -2.30. The van der Waals surface area contributed by atoms with Crippen molar-refractivity contribution >= 4 is 39.2 Å². The molecule has 1 unspecified atom stereocenters. The molecule has 1 N–H and O–H groups in total. The molecule has 0 aliphatic rings. The first-order chi connectivity index (χ1) is 12.8. The molecule has 6 nitrogen and oxygen atoms in total. The molecule has 146 valence electrons. The van der Waals surface area contributed by atoms with Crippen LogP contribution in [0.25, 0.3) is 0 Å². The van der Waals surface area contributed by atoms with Crippen LogP contribution in [0, 0.1) is 5.82 Å². The third-order valence-corrected chi connectivity index (χ3v) is 5.48. The van der Waals surface area contributed by atoms with Crippen LogP contribution in [-0.4, -0.2) is 32.4 Å². The van der Waals surface area contributed by atoms with Crippen molar-refractivity contribution in [3.8, 4) is 0 Å². The summed E-state index contributed by atoms with van der Waals surface area (Å²) in [5.41, 5.74) is 0.962. The summed E-state index contributed by atoms with van der Waals surface area (Å²) in [6, 6.07) is 6.17. The van der Waals surface area contributed by atoms with E-state index in [1.807, 2.05) is 0 Å². The highest BCUT2D eigenvalue weighted by molar-refractivity contribution is 7.88. The number of nitrogens with one attached hydrogen (secondary N) is 1. The molecular formula is C17H17Cl2FN2O4S. The zero-order chi connectivity index (χ0) is 20.0. The number of hydrogen-bond acceptors (Lipinski definition) is 5. The Balaban J connectivity index is 2.16. The summed E-state index contributed by atoms with van der Waals surface area (Å²) in [6.45, 7) is 0.